The summed E-state index contributed by atoms with van der Waals surface area (Å²) in [4.78, 5) is 0. The van der Waals surface area contributed by atoms with Crippen LogP contribution in [0.5, 0.6) is 5.75 Å². The van der Waals surface area contributed by atoms with Gasteiger partial charge in [-0.15, -0.1) is 0 Å². The molecule has 0 heterocycles. The molecule has 2 unspecified atom stereocenters. The lowest BCUT2D eigenvalue weighted by molar-refractivity contribution is 0.125. The molecule has 0 spiro atoms. The van der Waals surface area contributed by atoms with Crippen LogP contribution in [0.15, 0.2) is 24.3 Å². The van der Waals surface area contributed by atoms with Crippen LogP contribution in [0.2, 0.25) is 0 Å². The van der Waals surface area contributed by atoms with Crippen LogP contribution in [0.4, 0.5) is 0 Å². The Balaban J connectivity index is 2.32. The quantitative estimate of drug-likeness (QED) is 0.741. The molecule has 0 aliphatic heterocycles. The fourth-order valence-electron chi connectivity index (χ4n) is 1.49. The van der Waals surface area contributed by atoms with E-state index in [0.29, 0.717) is 18.0 Å². The fraction of sp³-hybridized carbons (Fsp3) is 0.538. The van der Waals surface area contributed by atoms with Gasteiger partial charge in [-0.3, -0.25) is 4.21 Å². The fourth-order valence-corrected chi connectivity index (χ4v) is 2.64. The lowest BCUT2D eigenvalue weighted by Crippen LogP contribution is -2.25. The summed E-state index contributed by atoms with van der Waals surface area (Å²) in [5.74, 6) is 1.59. The Morgan fingerprint density at radius 2 is 2.06 bits per heavy atom. The molecule has 0 saturated carbocycles. The zero-order valence-corrected chi connectivity index (χ0v) is 11.5. The van der Waals surface area contributed by atoms with Crippen molar-refractivity contribution in [3.8, 4) is 5.75 Å². The normalized spacial score (nSPS) is 14.2. The molecule has 4 nitrogen and oxygen atoms in total. The minimum atomic E-state index is -0.960. The average molecular weight is 271 g/mol. The molecule has 0 aromatic heterocycles. The van der Waals surface area contributed by atoms with Crippen LogP contribution in [0.25, 0.3) is 0 Å². The van der Waals surface area contributed by atoms with Crippen molar-refractivity contribution in [2.45, 2.75) is 26.0 Å². The van der Waals surface area contributed by atoms with E-state index in [-0.39, 0.29) is 12.4 Å². The smallest absolute Gasteiger partial charge is 0.119 e. The second-order valence-corrected chi connectivity index (χ2v) is 5.74. The van der Waals surface area contributed by atoms with E-state index in [0.717, 1.165) is 12.0 Å². The van der Waals surface area contributed by atoms with Crippen molar-refractivity contribution in [2.24, 2.45) is 5.73 Å². The molecule has 0 aliphatic rings. The van der Waals surface area contributed by atoms with Crippen LogP contribution in [0.1, 0.15) is 18.9 Å². The number of aliphatic hydroxyl groups excluding tert-OH is 1. The first-order valence-electron chi connectivity index (χ1n) is 6.10. The maximum absolute atomic E-state index is 11.4. The molecule has 0 amide bonds. The molecular formula is C13H21NO3S. The second kappa shape index (κ2) is 8.24. The van der Waals surface area contributed by atoms with E-state index in [1.165, 1.54) is 0 Å². The Labute approximate surface area is 111 Å². The van der Waals surface area contributed by atoms with Crippen molar-refractivity contribution in [1.82, 2.24) is 0 Å². The van der Waals surface area contributed by atoms with E-state index >= 15 is 0 Å². The third-order valence-corrected chi connectivity index (χ3v) is 4.03. The molecule has 0 bridgehead atoms. The molecule has 18 heavy (non-hydrogen) atoms. The number of hydrogen-bond acceptors (Lipinski definition) is 4. The Morgan fingerprint density at radius 1 is 1.39 bits per heavy atom. The molecule has 1 aromatic carbocycles. The maximum atomic E-state index is 11.4. The number of nitrogens with two attached hydrogens (primary N) is 1. The summed E-state index contributed by atoms with van der Waals surface area (Å²) in [7, 11) is -0.960. The number of hydrogen-bond donors (Lipinski definition) is 2. The van der Waals surface area contributed by atoms with Crippen molar-refractivity contribution in [3.63, 3.8) is 0 Å². The molecule has 2 atom stereocenters. The maximum Gasteiger partial charge on any atom is 0.119 e. The average Bonchev–Trinajstić information content (AvgIpc) is 2.37. The topological polar surface area (TPSA) is 72.5 Å². The summed E-state index contributed by atoms with van der Waals surface area (Å²) in [5, 5.41) is 9.67. The number of aliphatic hydroxyl groups is 1. The van der Waals surface area contributed by atoms with Crippen molar-refractivity contribution in [1.29, 1.82) is 0 Å². The van der Waals surface area contributed by atoms with Gasteiger partial charge < -0.3 is 15.6 Å². The summed E-state index contributed by atoms with van der Waals surface area (Å²) in [5.41, 5.74) is 6.52. The van der Waals surface area contributed by atoms with Crippen LogP contribution >= 0.6 is 0 Å². The van der Waals surface area contributed by atoms with E-state index in [1.54, 1.807) is 0 Å². The first-order valence-corrected chi connectivity index (χ1v) is 7.59. The number of ether oxygens (including phenoxy) is 1. The van der Waals surface area contributed by atoms with E-state index in [2.05, 4.69) is 0 Å². The van der Waals surface area contributed by atoms with E-state index < -0.39 is 16.9 Å². The van der Waals surface area contributed by atoms with E-state index in [4.69, 9.17) is 10.5 Å². The van der Waals surface area contributed by atoms with Gasteiger partial charge in [0.2, 0.25) is 0 Å². The standard InChI is InChI=1S/C13H21NO3S/c1-2-7-18(16)10-12(15)9-17-13-5-3-11(8-14)4-6-13/h3-6,12,15H,2,7-10,14H2,1H3. The molecule has 3 N–H and O–H groups in total. The van der Waals surface area contributed by atoms with Gasteiger partial charge in [-0.05, 0) is 24.1 Å². The van der Waals surface area contributed by atoms with Gasteiger partial charge in [-0.1, -0.05) is 19.1 Å². The predicted molar refractivity (Wildman–Crippen MR) is 74.0 cm³/mol. The van der Waals surface area contributed by atoms with Gasteiger partial charge in [0.25, 0.3) is 0 Å². The van der Waals surface area contributed by atoms with Crippen LogP contribution < -0.4 is 10.5 Å². The van der Waals surface area contributed by atoms with Crippen LogP contribution in [-0.2, 0) is 17.3 Å². The third kappa shape index (κ3) is 5.62. The summed E-state index contributed by atoms with van der Waals surface area (Å²) >= 11 is 0. The minimum absolute atomic E-state index is 0.164. The zero-order chi connectivity index (χ0) is 13.4. The number of rotatable bonds is 8. The Morgan fingerprint density at radius 3 is 2.61 bits per heavy atom. The number of benzene rings is 1. The highest BCUT2D eigenvalue weighted by Crippen LogP contribution is 2.12. The van der Waals surface area contributed by atoms with Gasteiger partial charge in [0.1, 0.15) is 12.4 Å². The Bertz CT molecular complexity index is 367. The lowest BCUT2D eigenvalue weighted by Gasteiger charge is -2.12. The summed E-state index contributed by atoms with van der Waals surface area (Å²) in [6.07, 6.45) is 0.173. The molecule has 0 fully saturated rings. The predicted octanol–water partition coefficient (Wildman–Crippen LogP) is 1.04. The summed E-state index contributed by atoms with van der Waals surface area (Å²) < 4.78 is 16.9. The van der Waals surface area contributed by atoms with Crippen LogP contribution in [0.3, 0.4) is 0 Å². The molecule has 102 valence electrons. The summed E-state index contributed by atoms with van der Waals surface area (Å²) in [6.45, 7) is 2.64. The SMILES string of the molecule is CCCS(=O)CC(O)COc1ccc(CN)cc1. The molecular weight excluding hydrogens is 250 g/mol. The molecule has 1 rings (SSSR count). The largest absolute Gasteiger partial charge is 0.491 e. The lowest BCUT2D eigenvalue weighted by atomic mass is 10.2. The van der Waals surface area contributed by atoms with Crippen molar-refractivity contribution < 1.29 is 14.1 Å². The monoisotopic (exact) mass is 271 g/mol. The summed E-state index contributed by atoms with van der Waals surface area (Å²) in [6, 6.07) is 7.41. The molecule has 5 heteroatoms. The zero-order valence-electron chi connectivity index (χ0n) is 10.7. The highest BCUT2D eigenvalue weighted by Gasteiger charge is 2.09. The highest BCUT2D eigenvalue weighted by atomic mass is 32.2. The second-order valence-electron chi connectivity index (χ2n) is 4.12. The van der Waals surface area contributed by atoms with E-state index in [1.807, 2.05) is 31.2 Å². The Kier molecular flexibility index (Phi) is 6.93. The Hall–Kier alpha value is -0.910. The third-order valence-electron chi connectivity index (χ3n) is 2.41. The van der Waals surface area contributed by atoms with Gasteiger partial charge in [0, 0.05) is 23.1 Å². The highest BCUT2D eigenvalue weighted by molar-refractivity contribution is 7.85. The van der Waals surface area contributed by atoms with Crippen molar-refractivity contribution in [2.75, 3.05) is 18.1 Å². The van der Waals surface area contributed by atoms with Crippen molar-refractivity contribution >= 4 is 10.8 Å². The first-order chi connectivity index (χ1) is 8.65. The van der Waals surface area contributed by atoms with Crippen LogP contribution in [-0.4, -0.2) is 33.5 Å². The molecule has 0 aliphatic carbocycles. The van der Waals surface area contributed by atoms with Gasteiger partial charge >= 0.3 is 0 Å². The van der Waals surface area contributed by atoms with E-state index in [9.17, 15) is 9.32 Å². The van der Waals surface area contributed by atoms with Gasteiger partial charge in [-0.25, -0.2) is 0 Å². The minimum Gasteiger partial charge on any atom is -0.491 e. The molecule has 0 saturated heterocycles. The first kappa shape index (κ1) is 15.1. The van der Waals surface area contributed by atoms with Gasteiger partial charge in [0.15, 0.2) is 0 Å². The van der Waals surface area contributed by atoms with Crippen LogP contribution in [0, 0.1) is 0 Å². The van der Waals surface area contributed by atoms with Gasteiger partial charge in [-0.2, -0.15) is 0 Å². The molecule has 1 aromatic rings. The van der Waals surface area contributed by atoms with Gasteiger partial charge in [0.05, 0.1) is 11.9 Å². The van der Waals surface area contributed by atoms with Crippen molar-refractivity contribution in [3.05, 3.63) is 29.8 Å². The molecule has 0 radical (unpaired) electrons.